The summed E-state index contributed by atoms with van der Waals surface area (Å²) in [6.07, 6.45) is 8.09. The van der Waals surface area contributed by atoms with Crippen LogP contribution in [0.4, 0.5) is 0 Å². The zero-order chi connectivity index (χ0) is 24.6. The number of aliphatic hydroxyl groups is 3. The lowest BCUT2D eigenvalue weighted by atomic mass is 9.36. The van der Waals surface area contributed by atoms with Gasteiger partial charge >= 0.3 is 5.97 Å². The molecule has 0 spiro atoms. The summed E-state index contributed by atoms with van der Waals surface area (Å²) in [7, 11) is 0. The largest absolute Gasteiger partial charge is 0.454 e. The van der Waals surface area contributed by atoms with Gasteiger partial charge in [-0.05, 0) is 104 Å². The molecule has 0 amide bonds. The van der Waals surface area contributed by atoms with Crippen LogP contribution in [0.2, 0.25) is 0 Å². The highest BCUT2D eigenvalue weighted by molar-refractivity contribution is 5.92. The van der Waals surface area contributed by atoms with E-state index in [0.717, 1.165) is 49.7 Å². The van der Waals surface area contributed by atoms with E-state index in [1.54, 1.807) is 0 Å². The Morgan fingerprint density at radius 3 is 2.56 bits per heavy atom. The minimum absolute atomic E-state index is 0.0209. The second-order valence-electron chi connectivity index (χ2n) is 13.1. The summed E-state index contributed by atoms with van der Waals surface area (Å²) in [5.41, 5.74) is 2.88. The molecule has 5 rings (SSSR count). The molecular formula is C29H44O5. The minimum atomic E-state index is -0.405. The van der Waals surface area contributed by atoms with Crippen molar-refractivity contribution < 1.29 is 24.9 Å². The lowest BCUT2D eigenvalue weighted by molar-refractivity contribution is -0.234. The van der Waals surface area contributed by atoms with Crippen molar-refractivity contribution in [1.82, 2.24) is 0 Å². The first-order chi connectivity index (χ1) is 16.0. The highest BCUT2D eigenvalue weighted by Crippen LogP contribution is 2.74. The van der Waals surface area contributed by atoms with E-state index in [9.17, 15) is 20.1 Å². The summed E-state index contributed by atoms with van der Waals surface area (Å²) in [6, 6.07) is 0. The quantitative estimate of drug-likeness (QED) is 0.413. The molecule has 1 heterocycles. The maximum Gasteiger partial charge on any atom is 0.334 e. The molecule has 190 valence electrons. The van der Waals surface area contributed by atoms with Gasteiger partial charge in [0.05, 0.1) is 18.8 Å². The monoisotopic (exact) mass is 472 g/mol. The summed E-state index contributed by atoms with van der Waals surface area (Å²) >= 11 is 0. The second-order valence-corrected chi connectivity index (χ2v) is 13.1. The Morgan fingerprint density at radius 2 is 1.85 bits per heavy atom. The van der Waals surface area contributed by atoms with Gasteiger partial charge in [0.1, 0.15) is 6.10 Å². The number of allylic oxidation sites excluding steroid dienone is 1. The van der Waals surface area contributed by atoms with E-state index in [0.29, 0.717) is 18.8 Å². The summed E-state index contributed by atoms with van der Waals surface area (Å²) in [4.78, 5) is 12.8. The van der Waals surface area contributed by atoms with Crippen molar-refractivity contribution in [2.75, 3.05) is 6.61 Å². The number of hydrogen-bond acceptors (Lipinski definition) is 5. The predicted molar refractivity (Wildman–Crippen MR) is 131 cm³/mol. The topological polar surface area (TPSA) is 87.0 Å². The molecule has 0 bridgehead atoms. The van der Waals surface area contributed by atoms with Crippen LogP contribution in [0.1, 0.15) is 86.0 Å². The molecule has 0 aromatic carbocycles. The number of ether oxygens (including phenoxy) is 1. The van der Waals surface area contributed by atoms with Crippen LogP contribution in [0.25, 0.3) is 0 Å². The number of carbonyl (C=O) groups is 1. The second kappa shape index (κ2) is 8.18. The molecule has 1 aliphatic heterocycles. The molecule has 10 atom stereocenters. The average molecular weight is 473 g/mol. The molecule has 3 N–H and O–H groups in total. The van der Waals surface area contributed by atoms with Gasteiger partial charge in [0.2, 0.25) is 0 Å². The van der Waals surface area contributed by atoms with Gasteiger partial charge in [-0.3, -0.25) is 0 Å². The molecule has 4 aliphatic carbocycles. The van der Waals surface area contributed by atoms with Gasteiger partial charge in [-0.1, -0.05) is 39.3 Å². The fourth-order valence-electron chi connectivity index (χ4n) is 9.80. The number of rotatable bonds is 4. The summed E-state index contributed by atoms with van der Waals surface area (Å²) in [5.74, 6) is 0.909. The van der Waals surface area contributed by atoms with E-state index in [-0.39, 0.29) is 58.8 Å². The third-order valence-corrected chi connectivity index (χ3v) is 11.7. The molecule has 0 aromatic heterocycles. The van der Waals surface area contributed by atoms with Crippen LogP contribution in [-0.4, -0.2) is 46.2 Å². The van der Waals surface area contributed by atoms with E-state index in [2.05, 4.69) is 27.7 Å². The van der Waals surface area contributed by atoms with E-state index < -0.39 is 6.10 Å². The molecule has 5 aliphatic rings. The smallest absolute Gasteiger partial charge is 0.334 e. The lowest BCUT2D eigenvalue weighted by Crippen LogP contribution is -2.65. The summed E-state index contributed by atoms with van der Waals surface area (Å²) < 4.78 is 5.96. The zero-order valence-corrected chi connectivity index (χ0v) is 21.6. The van der Waals surface area contributed by atoms with Gasteiger partial charge in [-0.2, -0.15) is 0 Å². The van der Waals surface area contributed by atoms with Crippen molar-refractivity contribution >= 4 is 5.97 Å². The van der Waals surface area contributed by atoms with E-state index in [4.69, 9.17) is 4.74 Å². The molecule has 0 radical (unpaired) electrons. The Bertz CT molecular complexity index is 921. The Hall–Kier alpha value is -1.17. The molecule has 0 aromatic rings. The van der Waals surface area contributed by atoms with Crippen LogP contribution >= 0.6 is 0 Å². The highest BCUT2D eigenvalue weighted by atomic mass is 16.5. The first-order valence-electron chi connectivity index (χ1n) is 13.5. The van der Waals surface area contributed by atoms with Crippen LogP contribution in [0.15, 0.2) is 22.8 Å². The third-order valence-electron chi connectivity index (χ3n) is 11.7. The van der Waals surface area contributed by atoms with E-state index in [1.165, 1.54) is 5.57 Å². The standard InChI is InChI=1S/C29H44O5/c1-16(15-30)7-6-8-18-24-20-13-22(32)25-27(3)11-10-21(31)17(2)19(27)9-12-28(25,4)29(20,5)14-23(24)34-26(18)33/h7,17,19-23,25,30-32H,6,8-15H2,1-5H3/b16-7+/t17-,19-,20-,21+,22+,23-,25-,27-,28-,29-/m0/s1. The maximum atomic E-state index is 12.8. The summed E-state index contributed by atoms with van der Waals surface area (Å²) in [6.45, 7) is 11.4. The Labute approximate surface area is 204 Å². The number of hydrogen-bond donors (Lipinski definition) is 3. The average Bonchev–Trinajstić information content (AvgIpc) is 3.22. The van der Waals surface area contributed by atoms with Crippen LogP contribution in [0.5, 0.6) is 0 Å². The number of aliphatic hydroxyl groups excluding tert-OH is 3. The van der Waals surface area contributed by atoms with Crippen molar-refractivity contribution in [3.8, 4) is 0 Å². The highest BCUT2D eigenvalue weighted by Gasteiger charge is 2.71. The fraction of sp³-hybridized carbons (Fsp3) is 0.828. The van der Waals surface area contributed by atoms with Crippen molar-refractivity contribution in [3.05, 3.63) is 22.8 Å². The molecule has 0 saturated heterocycles. The van der Waals surface area contributed by atoms with Crippen LogP contribution in [-0.2, 0) is 9.53 Å². The Balaban J connectivity index is 1.51. The molecule has 34 heavy (non-hydrogen) atoms. The predicted octanol–water partition coefficient (Wildman–Crippen LogP) is 4.55. The fourth-order valence-corrected chi connectivity index (χ4v) is 9.80. The van der Waals surface area contributed by atoms with E-state index in [1.807, 2.05) is 13.0 Å². The first-order valence-corrected chi connectivity index (χ1v) is 13.5. The van der Waals surface area contributed by atoms with Gasteiger partial charge in [0.25, 0.3) is 0 Å². The number of carbonyl (C=O) groups excluding carboxylic acids is 1. The normalized spacial score (nSPS) is 50.4. The number of esters is 1. The van der Waals surface area contributed by atoms with Gasteiger partial charge < -0.3 is 20.1 Å². The molecule has 4 fully saturated rings. The molecule has 5 heteroatoms. The molecular weight excluding hydrogens is 428 g/mol. The van der Waals surface area contributed by atoms with Crippen LogP contribution in [0.3, 0.4) is 0 Å². The minimum Gasteiger partial charge on any atom is -0.454 e. The van der Waals surface area contributed by atoms with Crippen molar-refractivity contribution in [2.24, 2.45) is 39.9 Å². The first kappa shape index (κ1) is 24.5. The molecule has 5 nitrogen and oxygen atoms in total. The zero-order valence-electron chi connectivity index (χ0n) is 21.6. The van der Waals surface area contributed by atoms with Gasteiger partial charge in [-0.25, -0.2) is 4.79 Å². The molecule has 0 unspecified atom stereocenters. The van der Waals surface area contributed by atoms with Crippen molar-refractivity contribution in [3.63, 3.8) is 0 Å². The maximum absolute atomic E-state index is 12.8. The van der Waals surface area contributed by atoms with Gasteiger partial charge in [-0.15, -0.1) is 0 Å². The van der Waals surface area contributed by atoms with Crippen LogP contribution in [0, 0.1) is 39.9 Å². The van der Waals surface area contributed by atoms with Gasteiger partial charge in [0.15, 0.2) is 0 Å². The SMILES string of the molecule is C/C(=C\CCC1=C2[C@H](C[C@@]3(C)[C@H]2C[C@@H](O)[C@H]2[C@@]4(C)CC[C@@H](O)[C@@H](C)[C@@H]4CC[C@@]23C)OC1=O)CO. The van der Waals surface area contributed by atoms with Crippen molar-refractivity contribution in [2.45, 2.75) is 104 Å². The Kier molecular flexibility index (Phi) is 5.90. The molecule has 4 saturated carbocycles. The lowest BCUT2D eigenvalue weighted by Gasteiger charge is -2.69. The van der Waals surface area contributed by atoms with Crippen LogP contribution < -0.4 is 0 Å². The van der Waals surface area contributed by atoms with Gasteiger partial charge in [0, 0.05) is 5.57 Å². The third kappa shape index (κ3) is 3.18. The van der Waals surface area contributed by atoms with Crippen molar-refractivity contribution in [1.29, 1.82) is 0 Å². The van der Waals surface area contributed by atoms with E-state index >= 15 is 0 Å². The number of fused-ring (bicyclic) bond motifs is 7. The Morgan fingerprint density at radius 1 is 1.12 bits per heavy atom. The summed E-state index contributed by atoms with van der Waals surface area (Å²) in [5, 5.41) is 31.7.